The van der Waals surface area contributed by atoms with Crippen LogP contribution in [0.2, 0.25) is 0 Å². The number of benzene rings is 2. The van der Waals surface area contributed by atoms with Gasteiger partial charge in [-0.15, -0.1) is 0 Å². The summed E-state index contributed by atoms with van der Waals surface area (Å²) in [6, 6.07) is 12.4. The Kier molecular flexibility index (Phi) is 5.76. The molecule has 1 heterocycles. The summed E-state index contributed by atoms with van der Waals surface area (Å²) in [5, 5.41) is 11.6. The monoisotopic (exact) mass is 367 g/mol. The Morgan fingerprint density at radius 2 is 1.78 bits per heavy atom. The van der Waals surface area contributed by atoms with Crippen molar-refractivity contribution in [2.24, 2.45) is 0 Å². The molecule has 0 saturated heterocycles. The van der Waals surface area contributed by atoms with Gasteiger partial charge in [0.1, 0.15) is 17.2 Å². The molecule has 27 heavy (non-hydrogen) atoms. The highest BCUT2D eigenvalue weighted by molar-refractivity contribution is 5.99. The summed E-state index contributed by atoms with van der Waals surface area (Å²) in [6.07, 6.45) is 3.21. The normalized spacial score (nSPS) is 10.6. The zero-order chi connectivity index (χ0) is 19.2. The lowest BCUT2D eigenvalue weighted by atomic mass is 10.1. The Hall–Kier alpha value is -3.28. The van der Waals surface area contributed by atoms with Gasteiger partial charge in [0.25, 0.3) is 0 Å². The van der Waals surface area contributed by atoms with Crippen molar-refractivity contribution in [3.05, 3.63) is 54.4 Å². The lowest BCUT2D eigenvalue weighted by Gasteiger charge is -2.10. The maximum atomic E-state index is 12.1. The number of hydrogen-bond donors (Lipinski definition) is 1. The van der Waals surface area contributed by atoms with E-state index in [1.807, 2.05) is 6.92 Å². The van der Waals surface area contributed by atoms with E-state index in [1.165, 1.54) is 6.20 Å². The Morgan fingerprint density at radius 1 is 1.07 bits per heavy atom. The molecule has 0 radical (unpaired) electrons. The minimum atomic E-state index is -0.624. The van der Waals surface area contributed by atoms with Gasteiger partial charge in [0.2, 0.25) is 0 Å². The lowest BCUT2D eigenvalue weighted by molar-refractivity contribution is 0.0489. The summed E-state index contributed by atoms with van der Waals surface area (Å²) >= 11 is 0. The van der Waals surface area contributed by atoms with E-state index in [2.05, 4.69) is 4.98 Å². The molecule has 0 aliphatic rings. The molecule has 0 spiro atoms. The number of fused-ring (bicyclic) bond motifs is 1. The van der Waals surface area contributed by atoms with Gasteiger partial charge in [-0.2, -0.15) is 0 Å². The van der Waals surface area contributed by atoms with Gasteiger partial charge in [-0.1, -0.05) is 13.3 Å². The first-order valence-corrected chi connectivity index (χ1v) is 8.73. The van der Waals surface area contributed by atoms with E-state index in [9.17, 15) is 9.90 Å². The second-order valence-electron chi connectivity index (χ2n) is 5.97. The van der Waals surface area contributed by atoms with Crippen LogP contribution in [0.15, 0.2) is 48.7 Å². The van der Waals surface area contributed by atoms with Crippen LogP contribution >= 0.6 is 0 Å². The predicted octanol–water partition coefficient (Wildman–Crippen LogP) is 4.70. The van der Waals surface area contributed by atoms with E-state index >= 15 is 0 Å². The number of unbranched alkanes of at least 4 members (excludes halogenated alkanes) is 1. The molecule has 1 aromatic heterocycles. The molecular formula is C21H21NO5. The van der Waals surface area contributed by atoms with Crippen LogP contribution in [0.25, 0.3) is 10.8 Å². The number of ether oxygens (including phenoxy) is 3. The fraction of sp³-hybridized carbons (Fsp3) is 0.238. The second-order valence-corrected chi connectivity index (χ2v) is 5.97. The van der Waals surface area contributed by atoms with Gasteiger partial charge in [0, 0.05) is 17.0 Å². The quantitative estimate of drug-likeness (QED) is 0.482. The Bertz CT molecular complexity index is 937. The van der Waals surface area contributed by atoms with Crippen LogP contribution < -0.4 is 9.47 Å². The molecule has 0 atom stereocenters. The number of rotatable bonds is 7. The van der Waals surface area contributed by atoms with Gasteiger partial charge in [-0.3, -0.25) is 0 Å². The largest absolute Gasteiger partial charge is 0.505 e. The van der Waals surface area contributed by atoms with Crippen LogP contribution in [0.1, 0.15) is 30.3 Å². The standard InChI is InChI=1S/C21H21NO5/c1-3-4-11-26-21(24)19-20(23)18-10-9-17(12-14(18)13-22-19)27-16-7-5-15(25-2)6-8-16/h5-10,12-13,23H,3-4,11H2,1-2H3. The van der Waals surface area contributed by atoms with Crippen LogP contribution in [0.3, 0.4) is 0 Å². The number of aromatic nitrogens is 1. The minimum absolute atomic E-state index is 0.0811. The Labute approximate surface area is 157 Å². The van der Waals surface area contributed by atoms with Gasteiger partial charge < -0.3 is 19.3 Å². The summed E-state index contributed by atoms with van der Waals surface area (Å²) in [6.45, 7) is 2.31. The van der Waals surface area contributed by atoms with Crippen molar-refractivity contribution in [2.45, 2.75) is 19.8 Å². The number of aromatic hydroxyl groups is 1. The topological polar surface area (TPSA) is 77.9 Å². The van der Waals surface area contributed by atoms with E-state index in [-0.39, 0.29) is 11.4 Å². The molecule has 0 bridgehead atoms. The summed E-state index contributed by atoms with van der Waals surface area (Å²) in [7, 11) is 1.60. The Balaban J connectivity index is 1.81. The lowest BCUT2D eigenvalue weighted by Crippen LogP contribution is -2.08. The van der Waals surface area contributed by atoms with Gasteiger partial charge in [0.05, 0.1) is 13.7 Å². The number of hydrogen-bond acceptors (Lipinski definition) is 6. The van der Waals surface area contributed by atoms with Crippen LogP contribution in [0.4, 0.5) is 0 Å². The van der Waals surface area contributed by atoms with Crippen molar-refractivity contribution in [3.8, 4) is 23.0 Å². The highest BCUT2D eigenvalue weighted by Crippen LogP contribution is 2.32. The Morgan fingerprint density at radius 3 is 2.48 bits per heavy atom. The molecule has 6 heteroatoms. The molecule has 2 aromatic carbocycles. The predicted molar refractivity (Wildman–Crippen MR) is 102 cm³/mol. The fourth-order valence-electron chi connectivity index (χ4n) is 2.56. The first kappa shape index (κ1) is 18.5. The van der Waals surface area contributed by atoms with Crippen molar-refractivity contribution >= 4 is 16.7 Å². The SMILES string of the molecule is CCCCOC(=O)c1ncc2cc(Oc3ccc(OC)cc3)ccc2c1O. The number of carbonyl (C=O) groups is 1. The molecule has 140 valence electrons. The van der Waals surface area contributed by atoms with E-state index in [0.29, 0.717) is 28.9 Å². The van der Waals surface area contributed by atoms with Gasteiger partial charge in [-0.25, -0.2) is 9.78 Å². The van der Waals surface area contributed by atoms with Gasteiger partial charge in [0.15, 0.2) is 11.4 Å². The molecule has 0 fully saturated rings. The van der Waals surface area contributed by atoms with Crippen LogP contribution in [0.5, 0.6) is 23.0 Å². The van der Waals surface area contributed by atoms with E-state index in [4.69, 9.17) is 14.2 Å². The third kappa shape index (κ3) is 4.28. The average molecular weight is 367 g/mol. The van der Waals surface area contributed by atoms with Crippen molar-refractivity contribution < 1.29 is 24.1 Å². The number of methoxy groups -OCH3 is 1. The van der Waals surface area contributed by atoms with Crippen molar-refractivity contribution in [1.29, 1.82) is 0 Å². The smallest absolute Gasteiger partial charge is 0.360 e. The van der Waals surface area contributed by atoms with Crippen molar-refractivity contribution in [1.82, 2.24) is 4.98 Å². The number of esters is 1. The van der Waals surface area contributed by atoms with Crippen molar-refractivity contribution in [3.63, 3.8) is 0 Å². The summed E-state index contributed by atoms with van der Waals surface area (Å²) < 4.78 is 16.1. The van der Waals surface area contributed by atoms with Crippen molar-refractivity contribution in [2.75, 3.05) is 13.7 Å². The first-order valence-electron chi connectivity index (χ1n) is 8.73. The number of nitrogens with zero attached hydrogens (tertiary/aromatic N) is 1. The molecular weight excluding hydrogens is 346 g/mol. The van der Waals surface area contributed by atoms with Gasteiger partial charge >= 0.3 is 5.97 Å². The third-order valence-corrected chi connectivity index (χ3v) is 4.05. The highest BCUT2D eigenvalue weighted by Gasteiger charge is 2.17. The van der Waals surface area contributed by atoms with Gasteiger partial charge in [-0.05, 0) is 48.9 Å². The van der Waals surface area contributed by atoms with Crippen LogP contribution in [-0.2, 0) is 4.74 Å². The molecule has 0 saturated carbocycles. The zero-order valence-corrected chi connectivity index (χ0v) is 15.3. The highest BCUT2D eigenvalue weighted by atomic mass is 16.5. The first-order chi connectivity index (χ1) is 13.1. The molecule has 6 nitrogen and oxygen atoms in total. The molecule has 0 aliphatic heterocycles. The van der Waals surface area contributed by atoms with Crippen LogP contribution in [-0.4, -0.2) is 29.8 Å². The molecule has 3 rings (SSSR count). The summed E-state index contributed by atoms with van der Waals surface area (Å²) in [4.78, 5) is 16.1. The zero-order valence-electron chi connectivity index (χ0n) is 15.3. The third-order valence-electron chi connectivity index (χ3n) is 4.05. The molecule has 3 aromatic rings. The molecule has 0 amide bonds. The summed E-state index contributed by atoms with van der Waals surface area (Å²) in [5.41, 5.74) is -0.0811. The summed E-state index contributed by atoms with van der Waals surface area (Å²) in [5.74, 6) is 1.18. The second kappa shape index (κ2) is 8.40. The average Bonchev–Trinajstić information content (AvgIpc) is 2.69. The van der Waals surface area contributed by atoms with E-state index < -0.39 is 5.97 Å². The maximum absolute atomic E-state index is 12.1. The fourth-order valence-corrected chi connectivity index (χ4v) is 2.56. The number of carbonyl (C=O) groups excluding carboxylic acids is 1. The number of pyridine rings is 1. The van der Waals surface area contributed by atoms with E-state index in [1.54, 1.807) is 49.6 Å². The van der Waals surface area contributed by atoms with Crippen LogP contribution in [0, 0.1) is 0 Å². The van der Waals surface area contributed by atoms with E-state index in [0.717, 1.165) is 18.6 Å². The molecule has 0 aliphatic carbocycles. The minimum Gasteiger partial charge on any atom is -0.505 e. The maximum Gasteiger partial charge on any atom is 0.360 e. The molecule has 1 N–H and O–H groups in total. The molecule has 0 unspecified atom stereocenters.